The maximum atomic E-state index is 12.0. The van der Waals surface area contributed by atoms with Crippen molar-refractivity contribution in [3.8, 4) is 0 Å². The zero-order chi connectivity index (χ0) is 20.7. The molecular formula is C21H31N3O4. The molecule has 1 aromatic carbocycles. The minimum atomic E-state index is -0.457. The van der Waals surface area contributed by atoms with Gasteiger partial charge in [-0.05, 0) is 51.5 Å². The van der Waals surface area contributed by atoms with Crippen LogP contribution in [0.15, 0.2) is 41.5 Å². The molecule has 1 unspecified atom stereocenters. The maximum Gasteiger partial charge on any atom is 0.407 e. The van der Waals surface area contributed by atoms with E-state index in [2.05, 4.69) is 15.5 Å². The number of nitrogens with zero attached hydrogens (tertiary/aromatic N) is 1. The number of alkyl carbamates (subject to hydrolysis) is 2. The fourth-order valence-electron chi connectivity index (χ4n) is 3.21. The molecule has 0 aromatic heterocycles. The smallest absolute Gasteiger partial charge is 0.407 e. The Morgan fingerprint density at radius 3 is 2.07 bits per heavy atom. The van der Waals surface area contributed by atoms with E-state index >= 15 is 0 Å². The summed E-state index contributed by atoms with van der Waals surface area (Å²) in [5, 5.41) is 5.44. The molecule has 1 heterocycles. The lowest BCUT2D eigenvalue weighted by atomic mass is 9.98. The molecule has 1 atom stereocenters. The Hall–Kier alpha value is -2.54. The Morgan fingerprint density at radius 1 is 1.00 bits per heavy atom. The lowest BCUT2D eigenvalue weighted by molar-refractivity contribution is 0.146. The van der Waals surface area contributed by atoms with Gasteiger partial charge in [-0.25, -0.2) is 9.59 Å². The van der Waals surface area contributed by atoms with Crippen molar-refractivity contribution in [3.05, 3.63) is 47.0 Å². The highest BCUT2D eigenvalue weighted by atomic mass is 16.6. The molecule has 154 valence electrons. The van der Waals surface area contributed by atoms with E-state index in [1.807, 2.05) is 65.1 Å². The van der Waals surface area contributed by atoms with Crippen molar-refractivity contribution < 1.29 is 19.1 Å². The Labute approximate surface area is 167 Å². The van der Waals surface area contributed by atoms with Gasteiger partial charge in [0.25, 0.3) is 0 Å². The first-order chi connectivity index (χ1) is 13.3. The first-order valence-corrected chi connectivity index (χ1v) is 9.60. The quantitative estimate of drug-likeness (QED) is 0.700. The molecule has 1 aromatic rings. The van der Waals surface area contributed by atoms with Gasteiger partial charge in [0.1, 0.15) is 13.2 Å². The summed E-state index contributed by atoms with van der Waals surface area (Å²) in [7, 11) is 2.01. The number of carbonyl (C=O) groups excluding carboxylic acids is 2. The van der Waals surface area contributed by atoms with Crippen LogP contribution in [0.5, 0.6) is 0 Å². The number of hydrogen-bond acceptors (Lipinski definition) is 5. The molecule has 2 rings (SSSR count). The average molecular weight is 389 g/mol. The molecule has 0 bridgehead atoms. The minimum Gasteiger partial charge on any atom is -0.445 e. The van der Waals surface area contributed by atoms with Gasteiger partial charge in [0.2, 0.25) is 0 Å². The molecule has 0 aliphatic carbocycles. The Balaban J connectivity index is 2.17. The number of amides is 2. The monoisotopic (exact) mass is 389 g/mol. The summed E-state index contributed by atoms with van der Waals surface area (Å²) in [5.41, 5.74) is 3.01. The van der Waals surface area contributed by atoms with Crippen LogP contribution in [0.25, 0.3) is 0 Å². The van der Waals surface area contributed by atoms with Gasteiger partial charge in [0.15, 0.2) is 0 Å². The lowest BCUT2D eigenvalue weighted by Gasteiger charge is -2.23. The van der Waals surface area contributed by atoms with Gasteiger partial charge >= 0.3 is 12.2 Å². The number of benzene rings is 1. The standard InChI is InChI=1S/C21H31N3O4/c1-14(2)22-20(25)27-12-17-11-24(5)19(16-9-7-6-8-10-16)18(17)13-28-21(26)23-15(3)4/h6-10,14-15,19H,11-13H2,1-5H3,(H,22,25)(H,23,26). The predicted molar refractivity (Wildman–Crippen MR) is 108 cm³/mol. The maximum absolute atomic E-state index is 12.0. The van der Waals surface area contributed by atoms with Crippen molar-refractivity contribution in [3.63, 3.8) is 0 Å². The van der Waals surface area contributed by atoms with E-state index in [1.54, 1.807) is 0 Å². The third-order valence-electron chi connectivity index (χ3n) is 4.33. The molecule has 1 aliphatic heterocycles. The topological polar surface area (TPSA) is 79.9 Å². The third kappa shape index (κ3) is 6.27. The normalized spacial score (nSPS) is 17.2. The van der Waals surface area contributed by atoms with Crippen LogP contribution >= 0.6 is 0 Å². The number of hydrogen-bond donors (Lipinski definition) is 2. The van der Waals surface area contributed by atoms with Crippen LogP contribution in [0.2, 0.25) is 0 Å². The molecule has 7 nitrogen and oxygen atoms in total. The Morgan fingerprint density at radius 2 is 1.54 bits per heavy atom. The van der Waals surface area contributed by atoms with Crippen molar-refractivity contribution >= 4 is 12.2 Å². The molecule has 1 aliphatic rings. The van der Waals surface area contributed by atoms with E-state index in [1.165, 1.54) is 0 Å². The number of carbonyl (C=O) groups is 2. The van der Waals surface area contributed by atoms with Crippen molar-refractivity contribution in [2.24, 2.45) is 0 Å². The van der Waals surface area contributed by atoms with Crippen molar-refractivity contribution in [1.29, 1.82) is 0 Å². The fourth-order valence-corrected chi connectivity index (χ4v) is 3.21. The van der Waals surface area contributed by atoms with E-state index in [0.29, 0.717) is 6.54 Å². The minimum absolute atomic E-state index is 0.000171. The highest BCUT2D eigenvalue weighted by molar-refractivity contribution is 5.68. The van der Waals surface area contributed by atoms with Gasteiger partial charge in [0.05, 0.1) is 6.04 Å². The second-order valence-corrected chi connectivity index (χ2v) is 7.61. The van der Waals surface area contributed by atoms with Crippen molar-refractivity contribution in [2.75, 3.05) is 26.8 Å². The second-order valence-electron chi connectivity index (χ2n) is 7.61. The summed E-state index contributed by atoms with van der Waals surface area (Å²) < 4.78 is 10.8. The summed E-state index contributed by atoms with van der Waals surface area (Å²) >= 11 is 0. The molecule has 0 saturated carbocycles. The highest BCUT2D eigenvalue weighted by Crippen LogP contribution is 2.36. The molecule has 0 fully saturated rings. The number of nitrogens with one attached hydrogen (secondary N) is 2. The number of rotatable bonds is 7. The van der Waals surface area contributed by atoms with Crippen molar-refractivity contribution in [1.82, 2.24) is 15.5 Å². The summed E-state index contributed by atoms with van der Waals surface area (Å²) in [5.74, 6) is 0. The van der Waals surface area contributed by atoms with Crippen LogP contribution in [0, 0.1) is 0 Å². The summed E-state index contributed by atoms with van der Waals surface area (Å²) in [6.07, 6.45) is -0.909. The van der Waals surface area contributed by atoms with E-state index in [-0.39, 0.29) is 31.3 Å². The van der Waals surface area contributed by atoms with Crippen LogP contribution < -0.4 is 10.6 Å². The fraction of sp³-hybridized carbons (Fsp3) is 0.524. The summed E-state index contributed by atoms with van der Waals surface area (Å²) in [6.45, 7) is 8.46. The average Bonchev–Trinajstić information content (AvgIpc) is 2.93. The van der Waals surface area contributed by atoms with Crippen LogP contribution in [0.3, 0.4) is 0 Å². The molecule has 0 spiro atoms. The number of ether oxygens (including phenoxy) is 2. The van der Waals surface area contributed by atoms with E-state index in [0.717, 1.165) is 16.7 Å². The Kier molecular flexibility index (Phi) is 7.87. The largest absolute Gasteiger partial charge is 0.445 e. The first-order valence-electron chi connectivity index (χ1n) is 9.60. The molecule has 28 heavy (non-hydrogen) atoms. The molecular weight excluding hydrogens is 358 g/mol. The molecule has 2 amide bonds. The van der Waals surface area contributed by atoms with E-state index < -0.39 is 12.2 Å². The van der Waals surface area contributed by atoms with E-state index in [9.17, 15) is 9.59 Å². The Bertz CT molecular complexity index is 701. The second kappa shape index (κ2) is 10.1. The van der Waals surface area contributed by atoms with Gasteiger partial charge in [0, 0.05) is 18.6 Å². The van der Waals surface area contributed by atoms with Crippen LogP contribution in [0.4, 0.5) is 9.59 Å². The van der Waals surface area contributed by atoms with Gasteiger partial charge < -0.3 is 20.1 Å². The zero-order valence-corrected chi connectivity index (χ0v) is 17.3. The van der Waals surface area contributed by atoms with Gasteiger partial charge in [-0.15, -0.1) is 0 Å². The summed E-state index contributed by atoms with van der Waals surface area (Å²) in [4.78, 5) is 26.0. The van der Waals surface area contributed by atoms with E-state index in [4.69, 9.17) is 9.47 Å². The van der Waals surface area contributed by atoms with Gasteiger partial charge in [-0.2, -0.15) is 0 Å². The van der Waals surface area contributed by atoms with Gasteiger partial charge in [-0.3, -0.25) is 4.90 Å². The predicted octanol–water partition coefficient (Wildman–Crippen LogP) is 3.24. The molecule has 2 N–H and O–H groups in total. The summed E-state index contributed by atoms with van der Waals surface area (Å²) in [6, 6.07) is 10.0. The van der Waals surface area contributed by atoms with Crippen LogP contribution in [-0.2, 0) is 9.47 Å². The van der Waals surface area contributed by atoms with Crippen molar-refractivity contribution in [2.45, 2.75) is 45.8 Å². The third-order valence-corrected chi connectivity index (χ3v) is 4.33. The molecule has 7 heteroatoms. The molecule has 0 radical (unpaired) electrons. The van der Waals surface area contributed by atoms with Gasteiger partial charge in [-0.1, -0.05) is 30.3 Å². The highest BCUT2D eigenvalue weighted by Gasteiger charge is 2.32. The van der Waals surface area contributed by atoms with Crippen LogP contribution in [0.1, 0.15) is 39.3 Å². The number of likely N-dealkylation sites (N-methyl/N-ethyl adjacent to an activating group) is 1. The van der Waals surface area contributed by atoms with Crippen LogP contribution in [-0.4, -0.2) is 56.0 Å². The lowest BCUT2D eigenvalue weighted by Crippen LogP contribution is -2.32. The first kappa shape index (κ1) is 21.8. The zero-order valence-electron chi connectivity index (χ0n) is 17.3. The molecule has 0 saturated heterocycles. The SMILES string of the molecule is CC(C)NC(=O)OCC1=C(COC(=O)NC(C)C)C(c2ccccc2)N(C)C1.